The number of unbranched alkanes of at least 4 members (excludes halogenated alkanes) is 1. The summed E-state index contributed by atoms with van der Waals surface area (Å²) in [5, 5.41) is 18.4. The van der Waals surface area contributed by atoms with Gasteiger partial charge in [-0.05, 0) is 61.0 Å². The Morgan fingerprint density at radius 3 is 2.26 bits per heavy atom. The Balaban J connectivity index is 1.37. The molecule has 0 N–H and O–H groups in total. The molecule has 174 valence electrons. The van der Waals surface area contributed by atoms with E-state index in [0.29, 0.717) is 23.0 Å². The smallest absolute Gasteiger partial charge is 0.338 e. The predicted octanol–water partition coefficient (Wildman–Crippen LogP) is 8.21. The standard InChI is InChI=1S/C24H24N6O2S2/c1-4-5-14-32-23(31)16-6-8-17(9-7-16)26-28-21-15-20-22(34-21)25-24(33-20)29-27-18-10-12-19(13-11-18)30(2)3/h6-13,15H,4-5,14H2,1-3H3. The van der Waals surface area contributed by atoms with E-state index >= 15 is 0 Å². The fraction of sp³-hybridized carbons (Fsp3) is 0.250. The zero-order valence-electron chi connectivity index (χ0n) is 19.1. The minimum Gasteiger partial charge on any atom is -0.462 e. The molecule has 4 rings (SSSR count). The van der Waals surface area contributed by atoms with Crippen LogP contribution in [0.5, 0.6) is 0 Å². The van der Waals surface area contributed by atoms with Gasteiger partial charge in [-0.25, -0.2) is 9.78 Å². The topological polar surface area (TPSA) is 91.9 Å². The van der Waals surface area contributed by atoms with E-state index in [1.807, 2.05) is 49.3 Å². The van der Waals surface area contributed by atoms with Crippen LogP contribution < -0.4 is 4.90 Å². The maximum atomic E-state index is 12.0. The van der Waals surface area contributed by atoms with Crippen LogP contribution in [0, 0.1) is 0 Å². The van der Waals surface area contributed by atoms with Crippen LogP contribution in [0.15, 0.2) is 75.1 Å². The molecular weight excluding hydrogens is 468 g/mol. The predicted molar refractivity (Wildman–Crippen MR) is 138 cm³/mol. The Labute approximate surface area is 205 Å². The SMILES string of the molecule is CCCCOC(=O)c1ccc(N=Nc2cc3sc(N=Nc4ccc(N(C)C)cc4)nc3s2)cc1. The first-order valence-corrected chi connectivity index (χ1v) is 12.4. The maximum absolute atomic E-state index is 12.0. The summed E-state index contributed by atoms with van der Waals surface area (Å²) in [6.07, 6.45) is 1.85. The average molecular weight is 493 g/mol. The second-order valence-corrected chi connectivity index (χ2v) is 9.62. The van der Waals surface area contributed by atoms with Gasteiger partial charge in [0.25, 0.3) is 0 Å². The Hall–Kier alpha value is -3.50. The fourth-order valence-electron chi connectivity index (χ4n) is 2.89. The van der Waals surface area contributed by atoms with Gasteiger partial charge in [-0.15, -0.1) is 20.5 Å². The van der Waals surface area contributed by atoms with Crippen molar-refractivity contribution >= 4 is 65.4 Å². The number of fused-ring (bicyclic) bond motifs is 1. The molecule has 0 aliphatic carbocycles. The summed E-state index contributed by atoms with van der Waals surface area (Å²) in [7, 11) is 3.99. The van der Waals surface area contributed by atoms with E-state index in [-0.39, 0.29) is 5.97 Å². The minimum absolute atomic E-state index is 0.319. The van der Waals surface area contributed by atoms with Crippen LogP contribution in [-0.4, -0.2) is 31.7 Å². The number of nitrogens with zero attached hydrogens (tertiary/aromatic N) is 6. The van der Waals surface area contributed by atoms with Crippen LogP contribution in [0.4, 0.5) is 27.2 Å². The van der Waals surface area contributed by atoms with E-state index in [0.717, 1.165) is 38.7 Å². The van der Waals surface area contributed by atoms with E-state index < -0.39 is 0 Å². The molecule has 0 atom stereocenters. The van der Waals surface area contributed by atoms with Crippen molar-refractivity contribution in [3.63, 3.8) is 0 Å². The number of anilines is 1. The average Bonchev–Trinajstić information content (AvgIpc) is 3.40. The van der Waals surface area contributed by atoms with Gasteiger partial charge >= 0.3 is 5.97 Å². The first kappa shape index (κ1) is 23.7. The zero-order valence-corrected chi connectivity index (χ0v) is 20.8. The molecule has 34 heavy (non-hydrogen) atoms. The molecule has 10 heteroatoms. The molecule has 0 aliphatic rings. The van der Waals surface area contributed by atoms with Crippen molar-refractivity contribution in [1.82, 2.24) is 4.98 Å². The number of carbonyl (C=O) groups excluding carboxylic acids is 1. The van der Waals surface area contributed by atoms with Crippen LogP contribution in [0.3, 0.4) is 0 Å². The van der Waals surface area contributed by atoms with Gasteiger partial charge in [0, 0.05) is 19.8 Å². The van der Waals surface area contributed by atoms with Crippen molar-refractivity contribution in [2.45, 2.75) is 19.8 Å². The molecule has 2 aromatic heterocycles. The minimum atomic E-state index is -0.319. The number of ether oxygens (including phenoxy) is 1. The molecule has 2 heterocycles. The third-order valence-electron chi connectivity index (χ3n) is 4.78. The number of benzene rings is 2. The fourth-order valence-corrected chi connectivity index (χ4v) is 4.73. The number of aromatic nitrogens is 1. The summed E-state index contributed by atoms with van der Waals surface area (Å²) in [6.45, 7) is 2.49. The molecule has 0 fully saturated rings. The lowest BCUT2D eigenvalue weighted by Crippen LogP contribution is -2.07. The second kappa shape index (κ2) is 11.1. The molecule has 0 aliphatic heterocycles. The maximum Gasteiger partial charge on any atom is 0.338 e. The van der Waals surface area contributed by atoms with Crippen molar-refractivity contribution in [2.75, 3.05) is 25.6 Å². The normalized spacial score (nSPS) is 11.6. The molecule has 2 aromatic carbocycles. The first-order valence-electron chi connectivity index (χ1n) is 10.8. The molecule has 4 aromatic rings. The molecular formula is C24H24N6O2S2. The molecule has 0 unspecified atom stereocenters. The first-order chi connectivity index (χ1) is 16.5. The number of carbonyl (C=O) groups is 1. The summed E-state index contributed by atoms with van der Waals surface area (Å²) in [5.74, 6) is -0.319. The Morgan fingerprint density at radius 1 is 0.941 bits per heavy atom. The highest BCUT2D eigenvalue weighted by molar-refractivity contribution is 7.30. The van der Waals surface area contributed by atoms with Gasteiger partial charge in [0.15, 0.2) is 0 Å². The number of esters is 1. The summed E-state index contributed by atoms with van der Waals surface area (Å²) < 4.78 is 6.20. The number of thiophene rings is 1. The lowest BCUT2D eigenvalue weighted by Gasteiger charge is -2.11. The highest BCUT2D eigenvalue weighted by Crippen LogP contribution is 2.39. The highest BCUT2D eigenvalue weighted by Gasteiger charge is 2.09. The van der Waals surface area contributed by atoms with E-state index in [9.17, 15) is 4.79 Å². The highest BCUT2D eigenvalue weighted by atomic mass is 32.1. The van der Waals surface area contributed by atoms with Gasteiger partial charge in [-0.3, -0.25) is 0 Å². The third kappa shape index (κ3) is 6.09. The zero-order chi connectivity index (χ0) is 23.9. The van der Waals surface area contributed by atoms with Crippen LogP contribution in [-0.2, 0) is 4.74 Å². The van der Waals surface area contributed by atoms with Gasteiger partial charge in [0.1, 0.15) is 9.83 Å². The molecule has 0 radical (unpaired) electrons. The van der Waals surface area contributed by atoms with Gasteiger partial charge < -0.3 is 9.64 Å². The number of rotatable bonds is 9. The number of hydrogen-bond donors (Lipinski definition) is 0. The van der Waals surface area contributed by atoms with Crippen LogP contribution in [0.25, 0.3) is 9.53 Å². The summed E-state index contributed by atoms with van der Waals surface area (Å²) in [4.78, 5) is 19.4. The van der Waals surface area contributed by atoms with Crippen molar-refractivity contribution in [3.8, 4) is 0 Å². The second-order valence-electron chi connectivity index (χ2n) is 7.60. The van der Waals surface area contributed by atoms with Crippen LogP contribution in [0.1, 0.15) is 30.1 Å². The number of hydrogen-bond acceptors (Lipinski definition) is 10. The largest absolute Gasteiger partial charge is 0.462 e. The summed E-state index contributed by atoms with van der Waals surface area (Å²) in [5.41, 5.74) is 3.05. The van der Waals surface area contributed by atoms with E-state index in [2.05, 4.69) is 32.4 Å². The van der Waals surface area contributed by atoms with E-state index in [4.69, 9.17) is 4.74 Å². The van der Waals surface area contributed by atoms with Crippen LogP contribution >= 0.6 is 22.7 Å². The summed E-state index contributed by atoms with van der Waals surface area (Å²) >= 11 is 2.90. The van der Waals surface area contributed by atoms with Crippen molar-refractivity contribution in [2.24, 2.45) is 20.5 Å². The number of azo groups is 2. The van der Waals surface area contributed by atoms with Crippen LogP contribution in [0.2, 0.25) is 0 Å². The van der Waals surface area contributed by atoms with E-state index in [1.54, 1.807) is 24.3 Å². The third-order valence-corrected chi connectivity index (χ3v) is 6.71. The van der Waals surface area contributed by atoms with Gasteiger partial charge in [0.2, 0.25) is 5.13 Å². The lowest BCUT2D eigenvalue weighted by atomic mass is 10.2. The number of thiazole rings is 1. The Morgan fingerprint density at radius 2 is 1.62 bits per heavy atom. The molecule has 0 bridgehead atoms. The molecule has 0 amide bonds. The van der Waals surface area contributed by atoms with Gasteiger partial charge in [-0.1, -0.05) is 36.0 Å². The molecule has 0 saturated carbocycles. The molecule has 0 spiro atoms. The van der Waals surface area contributed by atoms with Crippen molar-refractivity contribution in [3.05, 3.63) is 60.2 Å². The molecule has 8 nitrogen and oxygen atoms in total. The van der Waals surface area contributed by atoms with E-state index in [1.165, 1.54) is 22.7 Å². The Bertz CT molecular complexity index is 1280. The van der Waals surface area contributed by atoms with Crippen molar-refractivity contribution < 1.29 is 9.53 Å². The summed E-state index contributed by atoms with van der Waals surface area (Å²) in [6, 6.07) is 16.7. The lowest BCUT2D eigenvalue weighted by molar-refractivity contribution is 0.0500. The quantitative estimate of drug-likeness (QED) is 0.134. The monoisotopic (exact) mass is 492 g/mol. The van der Waals surface area contributed by atoms with Crippen molar-refractivity contribution in [1.29, 1.82) is 0 Å². The molecule has 0 saturated heterocycles. The van der Waals surface area contributed by atoms with Gasteiger partial charge in [0.05, 0.1) is 28.2 Å². The Kier molecular flexibility index (Phi) is 7.71. The van der Waals surface area contributed by atoms with Gasteiger partial charge in [-0.2, -0.15) is 0 Å².